The monoisotopic (exact) mass is 361 g/mol. The van der Waals surface area contributed by atoms with Crippen LogP contribution in [0.5, 0.6) is 5.75 Å². The lowest BCUT2D eigenvalue weighted by molar-refractivity contribution is -0.127. The molecule has 1 aromatic rings. The Bertz CT molecular complexity index is 540. The smallest absolute Gasteiger partial charge is 0.237 e. The molecule has 0 bridgehead atoms. The number of ether oxygens (including phenoxy) is 2. The third-order valence-corrected chi connectivity index (χ3v) is 5.28. The summed E-state index contributed by atoms with van der Waals surface area (Å²) < 4.78 is 11.3. The summed E-state index contributed by atoms with van der Waals surface area (Å²) in [6, 6.07) is 9.84. The van der Waals surface area contributed by atoms with E-state index >= 15 is 0 Å². The number of rotatable bonds is 8. The van der Waals surface area contributed by atoms with E-state index in [0.29, 0.717) is 13.2 Å². The van der Waals surface area contributed by atoms with Crippen LogP contribution in [-0.4, -0.2) is 80.3 Å². The molecule has 2 aliphatic rings. The number of carbonyl (C=O) groups is 1. The van der Waals surface area contributed by atoms with Crippen LogP contribution in [0.2, 0.25) is 0 Å². The molecule has 3 rings (SSSR count). The fourth-order valence-electron chi connectivity index (χ4n) is 3.52. The third kappa shape index (κ3) is 5.69. The van der Waals surface area contributed by atoms with Gasteiger partial charge in [-0.05, 0) is 31.9 Å². The Balaban J connectivity index is 1.31. The minimum absolute atomic E-state index is 0.0841. The lowest BCUT2D eigenvalue weighted by Gasteiger charge is -2.37. The first-order valence-corrected chi connectivity index (χ1v) is 9.76. The molecule has 2 atom stereocenters. The third-order valence-electron chi connectivity index (χ3n) is 5.28. The molecule has 2 heterocycles. The fraction of sp³-hybridized carbons (Fsp3) is 0.650. The van der Waals surface area contributed by atoms with Crippen LogP contribution in [0, 0.1) is 0 Å². The molecule has 0 radical (unpaired) electrons. The van der Waals surface area contributed by atoms with E-state index in [2.05, 4.69) is 15.1 Å². The summed E-state index contributed by atoms with van der Waals surface area (Å²) in [4.78, 5) is 17.0. The van der Waals surface area contributed by atoms with Crippen LogP contribution >= 0.6 is 0 Å². The minimum atomic E-state index is -0.0841. The SMILES string of the molecule is CC(C(=O)NCC1CCCO1)N1CCN(CCOc2ccccc2)CC1. The Labute approximate surface area is 156 Å². The van der Waals surface area contributed by atoms with Gasteiger partial charge in [-0.2, -0.15) is 0 Å². The van der Waals surface area contributed by atoms with Gasteiger partial charge in [0.25, 0.3) is 0 Å². The summed E-state index contributed by atoms with van der Waals surface area (Å²) in [5.74, 6) is 1.03. The van der Waals surface area contributed by atoms with Crippen LogP contribution in [0.4, 0.5) is 0 Å². The normalized spacial score (nSPS) is 22.9. The number of para-hydroxylation sites is 1. The van der Waals surface area contributed by atoms with Crippen molar-refractivity contribution in [3.63, 3.8) is 0 Å². The number of carbonyl (C=O) groups excluding carboxylic acids is 1. The van der Waals surface area contributed by atoms with Crippen LogP contribution in [0.25, 0.3) is 0 Å². The van der Waals surface area contributed by atoms with Gasteiger partial charge in [0.2, 0.25) is 5.91 Å². The Morgan fingerprint density at radius 2 is 2.04 bits per heavy atom. The van der Waals surface area contributed by atoms with Crippen LogP contribution in [0.1, 0.15) is 19.8 Å². The van der Waals surface area contributed by atoms with Gasteiger partial charge in [0.05, 0.1) is 12.1 Å². The van der Waals surface area contributed by atoms with Crippen LogP contribution in [0.3, 0.4) is 0 Å². The molecule has 0 aliphatic carbocycles. The van der Waals surface area contributed by atoms with Crippen LogP contribution in [0.15, 0.2) is 30.3 Å². The average molecular weight is 361 g/mol. The van der Waals surface area contributed by atoms with Crippen LogP contribution in [-0.2, 0) is 9.53 Å². The fourth-order valence-corrected chi connectivity index (χ4v) is 3.52. The van der Waals surface area contributed by atoms with Crippen molar-refractivity contribution >= 4 is 5.91 Å². The van der Waals surface area contributed by atoms with Gasteiger partial charge in [-0.25, -0.2) is 0 Å². The van der Waals surface area contributed by atoms with Crippen molar-refractivity contribution in [1.82, 2.24) is 15.1 Å². The molecular formula is C20H31N3O3. The molecule has 6 nitrogen and oxygen atoms in total. The largest absolute Gasteiger partial charge is 0.492 e. The average Bonchev–Trinajstić information content (AvgIpc) is 3.20. The van der Waals surface area contributed by atoms with E-state index < -0.39 is 0 Å². The number of hydrogen-bond acceptors (Lipinski definition) is 5. The molecule has 0 spiro atoms. The molecule has 1 aromatic carbocycles. The van der Waals surface area contributed by atoms with Gasteiger partial charge in [0, 0.05) is 45.9 Å². The van der Waals surface area contributed by atoms with Gasteiger partial charge in [-0.15, -0.1) is 0 Å². The van der Waals surface area contributed by atoms with Crippen LogP contribution < -0.4 is 10.1 Å². The first-order chi connectivity index (χ1) is 12.7. The first kappa shape index (κ1) is 19.1. The summed E-state index contributed by atoms with van der Waals surface area (Å²) in [6.45, 7) is 8.86. The zero-order chi connectivity index (χ0) is 18.2. The molecule has 0 saturated carbocycles. The molecule has 6 heteroatoms. The summed E-state index contributed by atoms with van der Waals surface area (Å²) in [6.07, 6.45) is 2.36. The molecule has 2 fully saturated rings. The highest BCUT2D eigenvalue weighted by atomic mass is 16.5. The van der Waals surface area contributed by atoms with E-state index in [1.807, 2.05) is 37.3 Å². The maximum Gasteiger partial charge on any atom is 0.237 e. The van der Waals surface area contributed by atoms with Gasteiger partial charge in [0.1, 0.15) is 12.4 Å². The Hall–Kier alpha value is -1.63. The summed E-state index contributed by atoms with van der Waals surface area (Å²) in [7, 11) is 0. The number of amides is 1. The lowest BCUT2D eigenvalue weighted by Crippen LogP contribution is -2.54. The summed E-state index contributed by atoms with van der Waals surface area (Å²) >= 11 is 0. The van der Waals surface area contributed by atoms with Gasteiger partial charge in [0.15, 0.2) is 0 Å². The number of hydrogen-bond donors (Lipinski definition) is 1. The second-order valence-corrected chi connectivity index (χ2v) is 7.10. The van der Waals surface area contributed by atoms with Gasteiger partial charge in [-0.3, -0.25) is 14.6 Å². The van der Waals surface area contributed by atoms with E-state index in [1.54, 1.807) is 0 Å². The highest BCUT2D eigenvalue weighted by molar-refractivity contribution is 5.81. The van der Waals surface area contributed by atoms with Crippen molar-refractivity contribution in [3.05, 3.63) is 30.3 Å². The van der Waals surface area contributed by atoms with E-state index in [-0.39, 0.29) is 18.1 Å². The number of nitrogens with zero attached hydrogens (tertiary/aromatic N) is 2. The molecule has 144 valence electrons. The Kier molecular flexibility index (Phi) is 7.29. The van der Waals surface area contributed by atoms with Crippen molar-refractivity contribution in [2.24, 2.45) is 0 Å². The topological polar surface area (TPSA) is 54.0 Å². The standard InChI is InChI=1S/C20H31N3O3/c1-17(20(24)21-16-19-8-5-14-25-19)23-11-9-22(10-12-23)13-15-26-18-6-3-2-4-7-18/h2-4,6-7,17,19H,5,8-16H2,1H3,(H,21,24). The molecule has 26 heavy (non-hydrogen) atoms. The second kappa shape index (κ2) is 9.90. The van der Waals surface area contributed by atoms with E-state index in [1.165, 1.54) is 0 Å². The number of nitrogens with one attached hydrogen (secondary N) is 1. The lowest BCUT2D eigenvalue weighted by atomic mass is 10.2. The number of piperazine rings is 1. The zero-order valence-electron chi connectivity index (χ0n) is 15.7. The van der Waals surface area contributed by atoms with E-state index in [4.69, 9.17) is 9.47 Å². The molecule has 2 unspecified atom stereocenters. The van der Waals surface area contributed by atoms with Crippen molar-refractivity contribution in [3.8, 4) is 5.75 Å². The van der Waals surface area contributed by atoms with Crippen molar-refractivity contribution in [2.45, 2.75) is 31.9 Å². The Morgan fingerprint density at radius 3 is 2.73 bits per heavy atom. The van der Waals surface area contributed by atoms with Gasteiger partial charge < -0.3 is 14.8 Å². The summed E-state index contributed by atoms with van der Waals surface area (Å²) in [5.41, 5.74) is 0. The quantitative estimate of drug-likeness (QED) is 0.758. The van der Waals surface area contributed by atoms with Crippen molar-refractivity contribution in [1.29, 1.82) is 0 Å². The molecule has 1 N–H and O–H groups in total. The van der Waals surface area contributed by atoms with E-state index in [9.17, 15) is 4.79 Å². The van der Waals surface area contributed by atoms with Crippen molar-refractivity contribution < 1.29 is 14.3 Å². The number of benzene rings is 1. The van der Waals surface area contributed by atoms with Gasteiger partial charge in [-0.1, -0.05) is 18.2 Å². The Morgan fingerprint density at radius 1 is 1.27 bits per heavy atom. The maximum absolute atomic E-state index is 12.4. The zero-order valence-corrected chi connectivity index (χ0v) is 15.7. The molecule has 2 aliphatic heterocycles. The maximum atomic E-state index is 12.4. The summed E-state index contributed by atoms with van der Waals surface area (Å²) in [5, 5.41) is 3.05. The highest BCUT2D eigenvalue weighted by Crippen LogP contribution is 2.12. The highest BCUT2D eigenvalue weighted by Gasteiger charge is 2.26. The molecular weight excluding hydrogens is 330 g/mol. The predicted octanol–water partition coefficient (Wildman–Crippen LogP) is 1.37. The predicted molar refractivity (Wildman–Crippen MR) is 101 cm³/mol. The molecule has 0 aromatic heterocycles. The van der Waals surface area contributed by atoms with Crippen molar-refractivity contribution in [2.75, 3.05) is 52.5 Å². The molecule has 2 saturated heterocycles. The first-order valence-electron chi connectivity index (χ1n) is 9.76. The minimum Gasteiger partial charge on any atom is -0.492 e. The van der Waals surface area contributed by atoms with Gasteiger partial charge >= 0.3 is 0 Å². The van der Waals surface area contributed by atoms with E-state index in [0.717, 1.165) is 57.9 Å². The molecule has 1 amide bonds. The second-order valence-electron chi connectivity index (χ2n) is 7.10.